The molecule has 1 amide bonds. The van der Waals surface area contributed by atoms with Gasteiger partial charge in [-0.15, -0.1) is 11.3 Å². The van der Waals surface area contributed by atoms with Crippen LogP contribution in [0.4, 0.5) is 5.82 Å². The summed E-state index contributed by atoms with van der Waals surface area (Å²) in [5, 5.41) is 0. The van der Waals surface area contributed by atoms with Crippen molar-refractivity contribution in [1.82, 2.24) is 4.98 Å². The number of thiazole rings is 1. The quantitative estimate of drug-likeness (QED) is 0.775. The maximum atomic E-state index is 11.9. The van der Waals surface area contributed by atoms with Crippen molar-refractivity contribution in [2.75, 3.05) is 4.90 Å². The second kappa shape index (κ2) is 4.09. The summed E-state index contributed by atoms with van der Waals surface area (Å²) in [6.07, 6.45) is 3.62. The second-order valence-electron chi connectivity index (χ2n) is 3.75. The lowest BCUT2D eigenvalue weighted by atomic mass is 10.4. The van der Waals surface area contributed by atoms with Gasteiger partial charge in [0.2, 0.25) is 0 Å². The van der Waals surface area contributed by atoms with E-state index in [2.05, 4.69) is 4.98 Å². The molecule has 6 heteroatoms. The highest BCUT2D eigenvalue weighted by Crippen LogP contribution is 2.23. The lowest BCUT2D eigenvalue weighted by Gasteiger charge is -2.05. The Bertz CT molecular complexity index is 584. The number of rotatable bonds is 2. The molecule has 0 radical (unpaired) electrons. The monoisotopic (exact) mass is 266 g/mol. The van der Waals surface area contributed by atoms with Crippen molar-refractivity contribution in [1.29, 1.82) is 0 Å². The van der Waals surface area contributed by atoms with Crippen LogP contribution in [0.2, 0.25) is 4.47 Å². The fourth-order valence-corrected chi connectivity index (χ4v) is 2.85. The molecule has 2 aromatic heterocycles. The van der Waals surface area contributed by atoms with Crippen molar-refractivity contribution in [3.8, 4) is 0 Å². The third-order valence-corrected chi connectivity index (χ3v) is 3.74. The highest BCUT2D eigenvalue weighted by molar-refractivity contribution is 7.15. The van der Waals surface area contributed by atoms with Crippen LogP contribution in [0.1, 0.15) is 4.88 Å². The minimum atomic E-state index is 0.0979. The molecule has 17 heavy (non-hydrogen) atoms. The van der Waals surface area contributed by atoms with Gasteiger partial charge in [-0.05, 0) is 6.07 Å². The van der Waals surface area contributed by atoms with E-state index in [1.165, 1.54) is 11.3 Å². The topological polar surface area (TPSA) is 37.1 Å². The molecule has 0 aromatic carbocycles. The zero-order valence-corrected chi connectivity index (χ0v) is 10.4. The summed E-state index contributed by atoms with van der Waals surface area (Å²) in [7, 11) is 0. The Morgan fingerprint density at radius 1 is 1.53 bits per heavy atom. The molecule has 0 saturated carbocycles. The Morgan fingerprint density at radius 3 is 3.18 bits per heavy atom. The van der Waals surface area contributed by atoms with E-state index in [1.807, 2.05) is 29.0 Å². The van der Waals surface area contributed by atoms with Gasteiger partial charge in [0.25, 0.3) is 5.82 Å². The van der Waals surface area contributed by atoms with Gasteiger partial charge in [0.05, 0.1) is 11.1 Å². The summed E-state index contributed by atoms with van der Waals surface area (Å²) in [4.78, 5) is 18.6. The third kappa shape index (κ3) is 1.92. The van der Waals surface area contributed by atoms with Crippen LogP contribution in [0.3, 0.4) is 0 Å². The first-order chi connectivity index (χ1) is 8.24. The fraction of sp³-hybridized carbons (Fsp3) is 0.182. The first kappa shape index (κ1) is 10.7. The van der Waals surface area contributed by atoms with Crippen molar-refractivity contribution < 1.29 is 9.36 Å². The molecule has 3 heterocycles. The van der Waals surface area contributed by atoms with E-state index in [0.29, 0.717) is 17.6 Å². The van der Waals surface area contributed by atoms with E-state index in [-0.39, 0.29) is 5.91 Å². The molecule has 3 rings (SSSR count). The summed E-state index contributed by atoms with van der Waals surface area (Å²) in [5.74, 6) is 1.02. The highest BCUT2D eigenvalue weighted by atomic mass is 35.5. The highest BCUT2D eigenvalue weighted by Gasteiger charge is 2.35. The Morgan fingerprint density at radius 2 is 2.41 bits per heavy atom. The molecule has 0 spiro atoms. The van der Waals surface area contributed by atoms with Crippen LogP contribution in [0.25, 0.3) is 0 Å². The van der Waals surface area contributed by atoms with Gasteiger partial charge in [0.1, 0.15) is 6.54 Å². The molecule has 86 valence electrons. The summed E-state index contributed by atoms with van der Waals surface area (Å²) < 4.78 is 2.44. The standard InChI is InChI=1S/C11H9ClN3OS/c12-11-13-5-8(17-11)6-15-9-3-1-2-4-14(9)7-10(15)16/h1-5H,6-7H2/q+1. The zero-order chi connectivity index (χ0) is 11.8. The minimum Gasteiger partial charge on any atom is -0.242 e. The number of nitrogens with zero attached hydrogens (tertiary/aromatic N) is 3. The smallest absolute Gasteiger partial charge is 0.242 e. The number of aromatic nitrogens is 2. The van der Waals surface area contributed by atoms with Crippen molar-refractivity contribution in [2.24, 2.45) is 0 Å². The van der Waals surface area contributed by atoms with Crippen molar-refractivity contribution in [2.45, 2.75) is 13.1 Å². The van der Waals surface area contributed by atoms with Crippen LogP contribution in [0.15, 0.2) is 30.6 Å². The van der Waals surface area contributed by atoms with Crippen molar-refractivity contribution >= 4 is 34.7 Å². The van der Waals surface area contributed by atoms with Crippen molar-refractivity contribution in [3.05, 3.63) is 39.9 Å². The van der Waals surface area contributed by atoms with Gasteiger partial charge in [-0.3, -0.25) is 0 Å². The number of amides is 1. The van der Waals surface area contributed by atoms with E-state index in [0.717, 1.165) is 10.7 Å². The van der Waals surface area contributed by atoms with Gasteiger partial charge >= 0.3 is 5.91 Å². The van der Waals surface area contributed by atoms with Crippen LogP contribution in [0, 0.1) is 0 Å². The van der Waals surface area contributed by atoms with E-state index in [4.69, 9.17) is 11.6 Å². The molecule has 0 saturated heterocycles. The first-order valence-electron chi connectivity index (χ1n) is 5.13. The number of fused-ring (bicyclic) bond motifs is 1. The average molecular weight is 267 g/mol. The molecule has 0 bridgehead atoms. The van der Waals surface area contributed by atoms with E-state index in [9.17, 15) is 4.79 Å². The third-order valence-electron chi connectivity index (χ3n) is 2.64. The van der Waals surface area contributed by atoms with Crippen LogP contribution in [-0.2, 0) is 17.9 Å². The lowest BCUT2D eigenvalue weighted by Crippen LogP contribution is -2.30. The maximum Gasteiger partial charge on any atom is 0.352 e. The van der Waals surface area contributed by atoms with Gasteiger partial charge in [0.15, 0.2) is 11.0 Å². The van der Waals surface area contributed by atoms with Gasteiger partial charge < -0.3 is 0 Å². The van der Waals surface area contributed by atoms with E-state index < -0.39 is 0 Å². The number of hydrogen-bond acceptors (Lipinski definition) is 3. The first-order valence-corrected chi connectivity index (χ1v) is 6.32. The SMILES string of the molecule is O=C1C[n+]2ccccc2N1Cc1cnc(Cl)s1. The van der Waals surface area contributed by atoms with Crippen LogP contribution < -0.4 is 9.47 Å². The van der Waals surface area contributed by atoms with Gasteiger partial charge in [-0.25, -0.2) is 14.3 Å². The summed E-state index contributed by atoms with van der Waals surface area (Å²) in [6, 6.07) is 5.79. The normalized spacial score (nSPS) is 14.2. The molecular weight excluding hydrogens is 258 g/mol. The molecule has 0 N–H and O–H groups in total. The van der Waals surface area contributed by atoms with Crippen LogP contribution in [-0.4, -0.2) is 10.9 Å². The summed E-state index contributed by atoms with van der Waals surface area (Å²) >= 11 is 7.18. The molecule has 0 atom stereocenters. The zero-order valence-electron chi connectivity index (χ0n) is 8.84. The summed E-state index contributed by atoms with van der Waals surface area (Å²) in [6.45, 7) is 0.940. The number of carbonyl (C=O) groups excluding carboxylic acids is 1. The molecule has 1 aliphatic rings. The van der Waals surface area contributed by atoms with Gasteiger partial charge in [0, 0.05) is 12.3 Å². The number of halogens is 1. The minimum absolute atomic E-state index is 0.0979. The molecule has 2 aromatic rings. The van der Waals surface area contributed by atoms with Crippen molar-refractivity contribution in [3.63, 3.8) is 0 Å². The Hall–Kier alpha value is -1.46. The second-order valence-corrected chi connectivity index (χ2v) is 5.44. The predicted octanol–water partition coefficient (Wildman–Crippen LogP) is 1.63. The fourth-order valence-electron chi connectivity index (χ4n) is 1.89. The molecule has 4 nitrogen and oxygen atoms in total. The van der Waals surface area contributed by atoms with E-state index >= 15 is 0 Å². The molecule has 1 aliphatic heterocycles. The Balaban J connectivity index is 1.91. The number of carbonyl (C=O) groups is 1. The lowest BCUT2D eigenvalue weighted by molar-refractivity contribution is -0.664. The molecule has 0 aliphatic carbocycles. The van der Waals surface area contributed by atoms with E-state index in [1.54, 1.807) is 11.1 Å². The molecule has 0 fully saturated rings. The number of anilines is 1. The number of hydrogen-bond donors (Lipinski definition) is 0. The predicted molar refractivity (Wildman–Crippen MR) is 65.0 cm³/mol. The Labute approximate surface area is 107 Å². The van der Waals surface area contributed by atoms with Gasteiger partial charge in [-0.2, -0.15) is 4.90 Å². The van der Waals surface area contributed by atoms with Crippen LogP contribution >= 0.6 is 22.9 Å². The summed E-state index contributed by atoms with van der Waals surface area (Å²) in [5.41, 5.74) is 0. The maximum absolute atomic E-state index is 11.9. The van der Waals surface area contributed by atoms with Gasteiger partial charge in [-0.1, -0.05) is 17.7 Å². The average Bonchev–Trinajstić information content (AvgIpc) is 2.85. The molecular formula is C11H9ClN3OS+. The molecule has 0 unspecified atom stereocenters. The Kier molecular flexibility index (Phi) is 2.57. The largest absolute Gasteiger partial charge is 0.352 e. The number of pyridine rings is 1. The van der Waals surface area contributed by atoms with Crippen LogP contribution in [0.5, 0.6) is 0 Å².